The highest BCUT2D eigenvalue weighted by Crippen LogP contribution is 2.49. The van der Waals surface area contributed by atoms with Crippen LogP contribution in [0, 0.1) is 5.82 Å². The molecule has 0 saturated carbocycles. The molecule has 0 fully saturated rings. The Kier molecular flexibility index (Phi) is 3.03. The fourth-order valence-electron chi connectivity index (χ4n) is 3.24. The summed E-state index contributed by atoms with van der Waals surface area (Å²) >= 11 is 0. The number of halogens is 1. The van der Waals surface area contributed by atoms with Crippen LogP contribution in [0.4, 0.5) is 4.39 Å². The molecule has 0 N–H and O–H groups in total. The zero-order valence-electron chi connectivity index (χ0n) is 12.3. The first-order chi connectivity index (χ1) is 9.95. The lowest BCUT2D eigenvalue weighted by molar-refractivity contribution is 0.592. The molecule has 5 heteroatoms. The molecule has 0 saturated heterocycles. The highest BCUT2D eigenvalue weighted by molar-refractivity contribution is 5.78. The van der Waals surface area contributed by atoms with Gasteiger partial charge in [-0.15, -0.1) is 0 Å². The van der Waals surface area contributed by atoms with Crippen molar-refractivity contribution in [3.63, 3.8) is 0 Å². The Morgan fingerprint density at radius 1 is 1.33 bits per heavy atom. The standard InChI is InChI=1S/C16H17FN4/c1-10(19-20-18)9-21-7-6-14-15(21)12-8-11(17)4-5-13(12)16(14,2)3/h4-8,10H,9H2,1-3H3. The van der Waals surface area contributed by atoms with Crippen molar-refractivity contribution < 1.29 is 4.39 Å². The van der Waals surface area contributed by atoms with Crippen LogP contribution >= 0.6 is 0 Å². The van der Waals surface area contributed by atoms with Gasteiger partial charge in [-0.2, -0.15) is 0 Å². The van der Waals surface area contributed by atoms with Crippen LogP contribution in [-0.4, -0.2) is 10.6 Å². The van der Waals surface area contributed by atoms with Gasteiger partial charge in [0.25, 0.3) is 0 Å². The van der Waals surface area contributed by atoms with Gasteiger partial charge in [-0.1, -0.05) is 32.0 Å². The second kappa shape index (κ2) is 4.64. The third-order valence-electron chi connectivity index (χ3n) is 4.26. The number of hydrogen-bond acceptors (Lipinski definition) is 1. The van der Waals surface area contributed by atoms with E-state index in [-0.39, 0.29) is 17.3 Å². The number of nitrogens with zero attached hydrogens (tertiary/aromatic N) is 4. The van der Waals surface area contributed by atoms with E-state index in [1.165, 1.54) is 11.6 Å². The molecule has 1 aliphatic carbocycles. The Hall–Kier alpha value is -2.26. The molecule has 1 aromatic heterocycles. The summed E-state index contributed by atoms with van der Waals surface area (Å²) in [6.45, 7) is 6.76. The predicted molar refractivity (Wildman–Crippen MR) is 80.6 cm³/mol. The fourth-order valence-corrected chi connectivity index (χ4v) is 3.24. The van der Waals surface area contributed by atoms with Crippen molar-refractivity contribution >= 4 is 0 Å². The highest BCUT2D eigenvalue weighted by Gasteiger charge is 2.37. The van der Waals surface area contributed by atoms with Crippen LogP contribution < -0.4 is 0 Å². The maximum absolute atomic E-state index is 13.7. The molecular weight excluding hydrogens is 267 g/mol. The Balaban J connectivity index is 2.15. The molecule has 1 heterocycles. The average Bonchev–Trinajstić information content (AvgIpc) is 2.90. The molecule has 0 spiro atoms. The normalized spacial score (nSPS) is 16.0. The fraction of sp³-hybridized carbons (Fsp3) is 0.375. The van der Waals surface area contributed by atoms with Gasteiger partial charge in [0, 0.05) is 28.6 Å². The van der Waals surface area contributed by atoms with Crippen LogP contribution in [-0.2, 0) is 12.0 Å². The topological polar surface area (TPSA) is 53.7 Å². The van der Waals surface area contributed by atoms with Crippen LogP contribution in [0.1, 0.15) is 31.9 Å². The third kappa shape index (κ3) is 2.01. The molecule has 0 amide bonds. The lowest BCUT2D eigenvalue weighted by Crippen LogP contribution is -2.14. The van der Waals surface area contributed by atoms with Crippen molar-refractivity contribution in [1.29, 1.82) is 0 Å². The number of aromatic nitrogens is 1. The molecule has 108 valence electrons. The minimum absolute atomic E-state index is 0.134. The Morgan fingerprint density at radius 3 is 2.81 bits per heavy atom. The molecule has 1 unspecified atom stereocenters. The summed E-state index contributed by atoms with van der Waals surface area (Å²) in [6.07, 6.45) is 1.99. The van der Waals surface area contributed by atoms with Crippen LogP contribution in [0.3, 0.4) is 0 Å². The summed E-state index contributed by atoms with van der Waals surface area (Å²) in [4.78, 5) is 2.85. The van der Waals surface area contributed by atoms with Gasteiger partial charge in [-0.05, 0) is 34.9 Å². The first-order valence-electron chi connectivity index (χ1n) is 6.99. The zero-order chi connectivity index (χ0) is 15.2. The maximum atomic E-state index is 13.7. The van der Waals surface area contributed by atoms with Crippen molar-refractivity contribution in [1.82, 2.24) is 4.57 Å². The van der Waals surface area contributed by atoms with Crippen molar-refractivity contribution in [2.24, 2.45) is 5.11 Å². The third-order valence-corrected chi connectivity index (χ3v) is 4.26. The molecule has 4 nitrogen and oxygen atoms in total. The van der Waals surface area contributed by atoms with E-state index in [9.17, 15) is 4.39 Å². The quantitative estimate of drug-likeness (QED) is 0.448. The van der Waals surface area contributed by atoms with E-state index in [1.54, 1.807) is 6.07 Å². The molecule has 0 aliphatic heterocycles. The van der Waals surface area contributed by atoms with Gasteiger partial charge in [-0.3, -0.25) is 0 Å². The van der Waals surface area contributed by atoms with Crippen LogP contribution in [0.25, 0.3) is 21.7 Å². The minimum atomic E-state index is -0.228. The highest BCUT2D eigenvalue weighted by atomic mass is 19.1. The molecule has 1 atom stereocenters. The number of azide groups is 1. The van der Waals surface area contributed by atoms with E-state index in [0.717, 1.165) is 16.8 Å². The number of fused-ring (bicyclic) bond motifs is 3. The lowest BCUT2D eigenvalue weighted by Gasteiger charge is -2.19. The smallest absolute Gasteiger partial charge is 0.123 e. The van der Waals surface area contributed by atoms with Crippen molar-refractivity contribution in [2.75, 3.05) is 0 Å². The van der Waals surface area contributed by atoms with Crippen molar-refractivity contribution in [2.45, 2.75) is 38.8 Å². The Morgan fingerprint density at radius 2 is 2.10 bits per heavy atom. The van der Waals surface area contributed by atoms with E-state index in [0.29, 0.717) is 6.54 Å². The summed E-state index contributed by atoms with van der Waals surface area (Å²) in [5, 5.41) is 3.72. The molecule has 1 aliphatic rings. The monoisotopic (exact) mass is 284 g/mol. The summed E-state index contributed by atoms with van der Waals surface area (Å²) < 4.78 is 15.7. The lowest BCUT2D eigenvalue weighted by atomic mass is 9.83. The molecule has 1 aromatic carbocycles. The summed E-state index contributed by atoms with van der Waals surface area (Å²) in [5.74, 6) is -0.228. The number of rotatable bonds is 3. The molecule has 2 aromatic rings. The molecule has 3 rings (SSSR count). The zero-order valence-corrected chi connectivity index (χ0v) is 12.3. The molecule has 0 bridgehead atoms. The molecule has 0 radical (unpaired) electrons. The summed E-state index contributed by atoms with van der Waals surface area (Å²) in [5.41, 5.74) is 12.7. The average molecular weight is 284 g/mol. The van der Waals surface area contributed by atoms with Gasteiger partial charge >= 0.3 is 0 Å². The number of benzene rings is 1. The van der Waals surface area contributed by atoms with Gasteiger partial charge in [0.2, 0.25) is 0 Å². The summed E-state index contributed by atoms with van der Waals surface area (Å²) in [6, 6.07) is 6.91. The number of hydrogen-bond donors (Lipinski definition) is 0. The van der Waals surface area contributed by atoms with Gasteiger partial charge in [0.1, 0.15) is 5.82 Å². The van der Waals surface area contributed by atoms with Crippen molar-refractivity contribution in [3.8, 4) is 11.3 Å². The predicted octanol–water partition coefficient (Wildman–Crippen LogP) is 4.63. The van der Waals surface area contributed by atoms with E-state index in [4.69, 9.17) is 5.53 Å². The van der Waals surface area contributed by atoms with E-state index >= 15 is 0 Å². The van der Waals surface area contributed by atoms with Gasteiger partial charge in [0.05, 0.1) is 11.7 Å². The van der Waals surface area contributed by atoms with E-state index < -0.39 is 0 Å². The first kappa shape index (κ1) is 13.7. The maximum Gasteiger partial charge on any atom is 0.123 e. The summed E-state index contributed by atoms with van der Waals surface area (Å²) in [7, 11) is 0. The Bertz CT molecular complexity index is 754. The second-order valence-corrected chi connectivity index (χ2v) is 6.10. The van der Waals surface area contributed by atoms with Crippen LogP contribution in [0.5, 0.6) is 0 Å². The van der Waals surface area contributed by atoms with Gasteiger partial charge in [-0.25, -0.2) is 4.39 Å². The van der Waals surface area contributed by atoms with Crippen molar-refractivity contribution in [3.05, 3.63) is 57.8 Å². The van der Waals surface area contributed by atoms with Crippen LogP contribution in [0.15, 0.2) is 35.6 Å². The largest absolute Gasteiger partial charge is 0.347 e. The van der Waals surface area contributed by atoms with Gasteiger partial charge in [0.15, 0.2) is 0 Å². The molecule has 21 heavy (non-hydrogen) atoms. The Labute approximate surface area is 122 Å². The second-order valence-electron chi connectivity index (χ2n) is 6.10. The van der Waals surface area contributed by atoms with Crippen LogP contribution in [0.2, 0.25) is 0 Å². The first-order valence-corrected chi connectivity index (χ1v) is 6.99. The van der Waals surface area contributed by atoms with E-state index in [2.05, 4.69) is 34.5 Å². The molecular formula is C16H17FN4. The van der Waals surface area contributed by atoms with E-state index in [1.807, 2.05) is 19.2 Å². The van der Waals surface area contributed by atoms with Gasteiger partial charge < -0.3 is 4.57 Å². The minimum Gasteiger partial charge on any atom is -0.347 e. The SMILES string of the molecule is CC(Cn1ccc2c1-c1cc(F)ccc1C2(C)C)N=[N+]=[N-].